The number of thiazole rings is 1. The first-order valence-electron chi connectivity index (χ1n) is 10.9. The monoisotopic (exact) mass is 518 g/mol. The lowest BCUT2D eigenvalue weighted by Crippen LogP contribution is -2.17. The fourth-order valence-electron chi connectivity index (χ4n) is 3.37. The minimum absolute atomic E-state index is 0.0617. The van der Waals surface area contributed by atoms with Crippen LogP contribution in [0.1, 0.15) is 21.5 Å². The molecule has 0 aliphatic heterocycles. The zero-order chi connectivity index (χ0) is 25.5. The Hall–Kier alpha value is -4.14. The Bertz CT molecular complexity index is 1400. The smallest absolute Gasteiger partial charge is 0.271 e. The molecule has 182 valence electrons. The Morgan fingerprint density at radius 3 is 2.64 bits per heavy atom. The second-order valence-electron chi connectivity index (χ2n) is 7.67. The van der Waals surface area contributed by atoms with Gasteiger partial charge in [0, 0.05) is 32.8 Å². The molecule has 0 spiro atoms. The van der Waals surface area contributed by atoms with Gasteiger partial charge in [0.25, 0.3) is 5.91 Å². The molecule has 0 saturated carbocycles. The third-order valence-electron chi connectivity index (χ3n) is 5.18. The summed E-state index contributed by atoms with van der Waals surface area (Å²) in [7, 11) is 1.47. The molecule has 0 fully saturated rings. The summed E-state index contributed by atoms with van der Waals surface area (Å²) < 4.78 is 5.21. The Balaban J connectivity index is 1.39. The summed E-state index contributed by atoms with van der Waals surface area (Å²) >= 11 is 7.42. The van der Waals surface area contributed by atoms with Crippen LogP contribution in [-0.2, 0) is 6.42 Å². The van der Waals surface area contributed by atoms with Gasteiger partial charge in [-0.3, -0.25) is 4.79 Å². The summed E-state index contributed by atoms with van der Waals surface area (Å²) in [5, 5.41) is 20.9. The fourth-order valence-corrected chi connectivity index (χ4v) is 4.24. The molecule has 0 aliphatic carbocycles. The Morgan fingerprint density at radius 1 is 1.19 bits per heavy atom. The van der Waals surface area contributed by atoms with Gasteiger partial charge in [-0.25, -0.2) is 10.4 Å². The summed E-state index contributed by atoms with van der Waals surface area (Å²) in [5.74, 6) is 0.0381. The number of nitrogens with zero attached hydrogens (tertiary/aromatic N) is 2. The van der Waals surface area contributed by atoms with Crippen molar-refractivity contribution in [1.29, 1.82) is 0 Å². The number of methoxy groups -OCH3 is 1. The van der Waals surface area contributed by atoms with Crippen molar-refractivity contribution in [3.05, 3.63) is 100 Å². The molecule has 0 saturated heterocycles. The summed E-state index contributed by atoms with van der Waals surface area (Å²) in [6.07, 6.45) is 3.65. The number of carbonyl (C=O) groups is 1. The van der Waals surface area contributed by atoms with Crippen LogP contribution in [0.25, 0.3) is 11.3 Å². The lowest BCUT2D eigenvalue weighted by atomic mass is 10.1. The average molecular weight is 519 g/mol. The summed E-state index contributed by atoms with van der Waals surface area (Å²) in [4.78, 5) is 17.1. The molecule has 1 aromatic heterocycles. The van der Waals surface area contributed by atoms with Gasteiger partial charge in [-0.1, -0.05) is 29.8 Å². The number of halogens is 1. The van der Waals surface area contributed by atoms with Gasteiger partial charge in [0.2, 0.25) is 0 Å². The number of anilines is 2. The van der Waals surface area contributed by atoms with Crippen molar-refractivity contribution >= 4 is 45.9 Å². The minimum Gasteiger partial charge on any atom is -0.504 e. The molecule has 4 aromatic rings. The molecule has 1 heterocycles. The highest BCUT2D eigenvalue weighted by Crippen LogP contribution is 2.31. The Labute approximate surface area is 217 Å². The molecular formula is C27H23ClN4O3S. The number of hydrogen-bond acceptors (Lipinski definition) is 7. The van der Waals surface area contributed by atoms with Gasteiger partial charge in [0.05, 0.1) is 19.0 Å². The van der Waals surface area contributed by atoms with Crippen molar-refractivity contribution in [3.8, 4) is 22.8 Å². The first-order chi connectivity index (χ1) is 17.5. The molecule has 0 aliphatic rings. The van der Waals surface area contributed by atoms with Crippen LogP contribution in [0.5, 0.6) is 11.5 Å². The second-order valence-corrected chi connectivity index (χ2v) is 8.96. The summed E-state index contributed by atoms with van der Waals surface area (Å²) in [6.45, 7) is 3.69. The highest BCUT2D eigenvalue weighted by atomic mass is 35.5. The number of benzene rings is 3. The number of phenolic OH excluding ortho intramolecular Hbond substituents is 1. The molecule has 0 unspecified atom stereocenters. The number of rotatable bonds is 9. The molecular weight excluding hydrogens is 496 g/mol. The Kier molecular flexibility index (Phi) is 7.99. The van der Waals surface area contributed by atoms with Crippen molar-refractivity contribution in [2.24, 2.45) is 5.10 Å². The van der Waals surface area contributed by atoms with Crippen molar-refractivity contribution in [2.45, 2.75) is 6.42 Å². The van der Waals surface area contributed by atoms with Crippen molar-refractivity contribution in [2.75, 3.05) is 12.4 Å². The van der Waals surface area contributed by atoms with Gasteiger partial charge in [-0.2, -0.15) is 5.10 Å². The van der Waals surface area contributed by atoms with E-state index in [1.807, 2.05) is 41.8 Å². The van der Waals surface area contributed by atoms with Crippen molar-refractivity contribution in [3.63, 3.8) is 0 Å². The molecule has 3 aromatic carbocycles. The van der Waals surface area contributed by atoms with Gasteiger partial charge in [-0.05, 0) is 60.5 Å². The van der Waals surface area contributed by atoms with Crippen LogP contribution >= 0.6 is 22.9 Å². The molecule has 7 nitrogen and oxygen atoms in total. The quantitative estimate of drug-likeness (QED) is 0.135. The molecule has 4 rings (SSSR count). The topological polar surface area (TPSA) is 95.8 Å². The lowest BCUT2D eigenvalue weighted by Gasteiger charge is -2.09. The van der Waals surface area contributed by atoms with Crippen LogP contribution in [0.4, 0.5) is 10.8 Å². The van der Waals surface area contributed by atoms with Gasteiger partial charge in [0.1, 0.15) is 0 Å². The van der Waals surface area contributed by atoms with Crippen LogP contribution in [0.2, 0.25) is 5.02 Å². The minimum atomic E-state index is -0.349. The SMILES string of the molecule is C=CCc1cc(/C=N\NC(=O)c2ccc(-c3csc(Nc4ccc(Cl)cc4)n3)cc2)cc(OC)c1O. The highest BCUT2D eigenvalue weighted by Gasteiger charge is 2.10. The van der Waals surface area contributed by atoms with E-state index in [1.54, 1.807) is 30.3 Å². The molecule has 3 N–H and O–H groups in total. The molecule has 36 heavy (non-hydrogen) atoms. The Morgan fingerprint density at radius 2 is 1.94 bits per heavy atom. The van der Waals surface area contributed by atoms with E-state index in [0.717, 1.165) is 22.1 Å². The lowest BCUT2D eigenvalue weighted by molar-refractivity contribution is 0.0955. The normalized spacial score (nSPS) is 10.8. The predicted molar refractivity (Wildman–Crippen MR) is 146 cm³/mol. The first-order valence-corrected chi connectivity index (χ1v) is 12.2. The largest absolute Gasteiger partial charge is 0.504 e. The zero-order valence-corrected chi connectivity index (χ0v) is 20.9. The number of amides is 1. The maximum Gasteiger partial charge on any atom is 0.271 e. The number of carbonyl (C=O) groups excluding carboxylic acids is 1. The number of hydrazone groups is 1. The van der Waals surface area contributed by atoms with E-state index in [4.69, 9.17) is 16.3 Å². The second kappa shape index (κ2) is 11.5. The summed E-state index contributed by atoms with van der Waals surface area (Å²) in [5.41, 5.74) is 6.90. The van der Waals surface area contributed by atoms with E-state index in [2.05, 4.69) is 27.4 Å². The number of allylic oxidation sites excluding steroid dienone is 1. The van der Waals surface area contributed by atoms with E-state index in [9.17, 15) is 9.90 Å². The van der Waals surface area contributed by atoms with E-state index >= 15 is 0 Å². The van der Waals surface area contributed by atoms with E-state index < -0.39 is 0 Å². The third kappa shape index (κ3) is 6.10. The van der Waals surface area contributed by atoms with Gasteiger partial charge >= 0.3 is 0 Å². The number of ether oxygens (including phenoxy) is 1. The summed E-state index contributed by atoms with van der Waals surface area (Å²) in [6, 6.07) is 17.9. The van der Waals surface area contributed by atoms with Gasteiger partial charge in [-0.15, -0.1) is 17.9 Å². The van der Waals surface area contributed by atoms with Gasteiger partial charge < -0.3 is 15.2 Å². The highest BCUT2D eigenvalue weighted by molar-refractivity contribution is 7.14. The van der Waals surface area contributed by atoms with Crippen LogP contribution in [-0.4, -0.2) is 29.3 Å². The number of hydrogen-bond donors (Lipinski definition) is 3. The van der Waals surface area contributed by atoms with Crippen molar-refractivity contribution < 1.29 is 14.6 Å². The molecule has 1 amide bonds. The molecule has 0 atom stereocenters. The maximum atomic E-state index is 12.5. The number of nitrogens with one attached hydrogen (secondary N) is 2. The zero-order valence-electron chi connectivity index (χ0n) is 19.4. The van der Waals surface area contributed by atoms with Crippen molar-refractivity contribution in [1.82, 2.24) is 10.4 Å². The van der Waals surface area contributed by atoms with E-state index in [-0.39, 0.29) is 11.7 Å². The van der Waals surface area contributed by atoms with Gasteiger partial charge in [0.15, 0.2) is 16.6 Å². The molecule has 0 bridgehead atoms. The first kappa shape index (κ1) is 25.0. The van der Waals surface area contributed by atoms with Crippen LogP contribution in [0, 0.1) is 0 Å². The van der Waals surface area contributed by atoms with E-state index in [0.29, 0.717) is 33.9 Å². The maximum absolute atomic E-state index is 12.5. The van der Waals surface area contributed by atoms with Crippen LogP contribution in [0.3, 0.4) is 0 Å². The van der Waals surface area contributed by atoms with Crippen LogP contribution in [0.15, 0.2) is 83.8 Å². The molecule has 0 radical (unpaired) electrons. The van der Waals surface area contributed by atoms with E-state index in [1.165, 1.54) is 24.7 Å². The number of phenols is 1. The fraction of sp³-hybridized carbons (Fsp3) is 0.0741. The number of aromatic nitrogens is 1. The number of aromatic hydroxyl groups is 1. The van der Waals surface area contributed by atoms with Crippen LogP contribution < -0.4 is 15.5 Å². The average Bonchev–Trinajstić information content (AvgIpc) is 3.36. The predicted octanol–water partition coefficient (Wildman–Crippen LogP) is 6.41. The molecule has 9 heteroatoms. The third-order valence-corrected chi connectivity index (χ3v) is 6.19. The standard InChI is InChI=1S/C27H23ClN4O3S/c1-3-4-20-13-17(14-24(35-2)25(20)33)15-29-32-26(34)19-7-5-18(6-8-19)23-16-36-27(31-23)30-22-11-9-21(28)10-12-22/h3,5-16,33H,1,4H2,2H3,(H,30,31)(H,32,34)/b29-15-.